The minimum atomic E-state index is 0.614. The number of hydrogen-bond donors (Lipinski definition) is 1. The molecule has 1 nitrogen and oxygen atoms in total. The Kier molecular flexibility index (Phi) is 4.64. The predicted molar refractivity (Wildman–Crippen MR) is 62.2 cm³/mol. The van der Waals surface area contributed by atoms with Crippen LogP contribution in [-0.2, 0) is 6.42 Å². The van der Waals surface area contributed by atoms with Gasteiger partial charge in [-0.15, -0.1) is 0 Å². The quantitative estimate of drug-likeness (QED) is 0.665. The summed E-state index contributed by atoms with van der Waals surface area (Å²) in [6.07, 6.45) is 0.972. The van der Waals surface area contributed by atoms with E-state index < -0.39 is 0 Å². The molecule has 66 valence electrons. The fraction of sp³-hybridized carbons (Fsp3) is 0.250. The second-order valence-electron chi connectivity index (χ2n) is 2.38. The minimum absolute atomic E-state index is 0.614. The van der Waals surface area contributed by atoms with Crippen LogP contribution >= 0.6 is 46.1 Å². The average molecular weight is 316 g/mol. The second kappa shape index (κ2) is 5.27. The van der Waals surface area contributed by atoms with E-state index in [9.17, 15) is 0 Å². The van der Waals surface area contributed by atoms with Crippen molar-refractivity contribution in [3.05, 3.63) is 33.8 Å². The van der Waals surface area contributed by atoms with Crippen molar-refractivity contribution >= 4 is 46.1 Å². The molecular formula is C8H8Cl2IN. The molecule has 0 aliphatic rings. The van der Waals surface area contributed by atoms with E-state index in [-0.39, 0.29) is 0 Å². The van der Waals surface area contributed by atoms with E-state index >= 15 is 0 Å². The smallest absolute Gasteiger partial charge is 0.0595 e. The molecule has 0 aromatic heterocycles. The first-order valence-corrected chi connectivity index (χ1v) is 5.35. The fourth-order valence-electron chi connectivity index (χ4n) is 0.887. The molecule has 12 heavy (non-hydrogen) atoms. The Hall–Kier alpha value is 0.490. The Morgan fingerprint density at radius 1 is 1.25 bits per heavy atom. The van der Waals surface area contributed by atoms with Crippen molar-refractivity contribution < 1.29 is 0 Å². The van der Waals surface area contributed by atoms with Gasteiger partial charge < -0.3 is 0 Å². The van der Waals surface area contributed by atoms with E-state index in [1.807, 2.05) is 18.2 Å². The Labute approximate surface area is 95.9 Å². The number of hydrogen-bond acceptors (Lipinski definition) is 1. The first-order valence-electron chi connectivity index (χ1n) is 3.51. The van der Waals surface area contributed by atoms with Crippen molar-refractivity contribution in [2.45, 2.75) is 6.42 Å². The zero-order chi connectivity index (χ0) is 8.97. The van der Waals surface area contributed by atoms with Gasteiger partial charge in [-0.2, -0.15) is 0 Å². The lowest BCUT2D eigenvalue weighted by Crippen LogP contribution is -2.03. The van der Waals surface area contributed by atoms with Crippen LogP contribution in [0.5, 0.6) is 0 Å². The van der Waals surface area contributed by atoms with Gasteiger partial charge >= 0.3 is 0 Å². The summed E-state index contributed by atoms with van der Waals surface area (Å²) in [6.45, 7) is 0.943. The van der Waals surface area contributed by atoms with E-state index in [1.165, 1.54) is 5.56 Å². The van der Waals surface area contributed by atoms with E-state index in [0.29, 0.717) is 10.0 Å². The Morgan fingerprint density at radius 2 is 2.00 bits per heavy atom. The summed E-state index contributed by atoms with van der Waals surface area (Å²) in [5.41, 5.74) is 1.20. The molecule has 0 radical (unpaired) electrons. The summed E-state index contributed by atoms with van der Waals surface area (Å²) in [6, 6.07) is 5.71. The first kappa shape index (κ1) is 10.6. The third-order valence-electron chi connectivity index (χ3n) is 1.49. The molecule has 0 spiro atoms. The van der Waals surface area contributed by atoms with Gasteiger partial charge in [0.1, 0.15) is 0 Å². The lowest BCUT2D eigenvalue weighted by Gasteiger charge is -2.01. The Balaban J connectivity index is 2.69. The zero-order valence-electron chi connectivity index (χ0n) is 6.28. The molecule has 0 saturated heterocycles. The van der Waals surface area contributed by atoms with Gasteiger partial charge in [-0.1, -0.05) is 29.3 Å². The molecule has 1 rings (SSSR count). The highest BCUT2D eigenvalue weighted by atomic mass is 127. The average Bonchev–Trinajstić information content (AvgIpc) is 2.07. The summed E-state index contributed by atoms with van der Waals surface area (Å²) in [5.74, 6) is 0. The van der Waals surface area contributed by atoms with Crippen molar-refractivity contribution in [1.29, 1.82) is 0 Å². The SMILES string of the molecule is Clc1ccc(CCNI)cc1Cl. The van der Waals surface area contributed by atoms with Crippen LogP contribution in [0.2, 0.25) is 10.0 Å². The van der Waals surface area contributed by atoms with Gasteiger partial charge in [-0.25, -0.2) is 0 Å². The highest BCUT2D eigenvalue weighted by Crippen LogP contribution is 2.22. The van der Waals surface area contributed by atoms with Gasteiger partial charge in [0.2, 0.25) is 0 Å². The molecule has 1 aromatic rings. The molecule has 0 aliphatic heterocycles. The van der Waals surface area contributed by atoms with Crippen LogP contribution < -0.4 is 3.53 Å². The molecule has 0 saturated carbocycles. The molecule has 0 amide bonds. The third kappa shape index (κ3) is 3.09. The highest BCUT2D eigenvalue weighted by Gasteiger charge is 1.98. The van der Waals surface area contributed by atoms with Crippen molar-refractivity contribution in [1.82, 2.24) is 3.53 Å². The van der Waals surface area contributed by atoms with Gasteiger partial charge in [-0.3, -0.25) is 3.53 Å². The van der Waals surface area contributed by atoms with Gasteiger partial charge in [0.05, 0.1) is 10.0 Å². The monoisotopic (exact) mass is 315 g/mol. The summed E-state index contributed by atoms with van der Waals surface area (Å²) in [7, 11) is 0. The van der Waals surface area contributed by atoms with Crippen LogP contribution in [0.25, 0.3) is 0 Å². The summed E-state index contributed by atoms with van der Waals surface area (Å²) in [4.78, 5) is 0. The molecular weight excluding hydrogens is 308 g/mol. The van der Waals surface area contributed by atoms with Crippen LogP contribution in [0, 0.1) is 0 Å². The van der Waals surface area contributed by atoms with E-state index in [2.05, 4.69) is 26.4 Å². The predicted octanol–water partition coefficient (Wildman–Crippen LogP) is 3.48. The zero-order valence-corrected chi connectivity index (χ0v) is 9.95. The van der Waals surface area contributed by atoms with E-state index in [1.54, 1.807) is 0 Å². The molecule has 0 atom stereocenters. The molecule has 0 heterocycles. The maximum atomic E-state index is 5.84. The summed E-state index contributed by atoms with van der Waals surface area (Å²) < 4.78 is 3.04. The lowest BCUT2D eigenvalue weighted by molar-refractivity contribution is 0.932. The molecule has 0 aliphatic carbocycles. The standard InChI is InChI=1S/C8H8Cl2IN/c9-7-2-1-6(3-4-12-11)5-8(7)10/h1-2,5,12H,3-4H2. The maximum Gasteiger partial charge on any atom is 0.0595 e. The Bertz CT molecular complexity index is 265. The van der Waals surface area contributed by atoms with Gasteiger partial charge in [0.25, 0.3) is 0 Å². The second-order valence-corrected chi connectivity index (χ2v) is 3.96. The van der Waals surface area contributed by atoms with E-state index in [0.717, 1.165) is 13.0 Å². The largest absolute Gasteiger partial charge is 0.261 e. The van der Waals surface area contributed by atoms with Crippen molar-refractivity contribution in [3.63, 3.8) is 0 Å². The van der Waals surface area contributed by atoms with Crippen LogP contribution in [-0.4, -0.2) is 6.54 Å². The highest BCUT2D eigenvalue weighted by molar-refractivity contribution is 14.1. The van der Waals surface area contributed by atoms with Crippen molar-refractivity contribution in [3.8, 4) is 0 Å². The molecule has 4 heteroatoms. The van der Waals surface area contributed by atoms with Gasteiger partial charge in [-0.05, 0) is 24.1 Å². The van der Waals surface area contributed by atoms with Crippen LogP contribution in [0.3, 0.4) is 0 Å². The maximum absolute atomic E-state index is 5.84. The number of rotatable bonds is 3. The van der Waals surface area contributed by atoms with Crippen molar-refractivity contribution in [2.24, 2.45) is 0 Å². The van der Waals surface area contributed by atoms with Gasteiger partial charge in [0.15, 0.2) is 0 Å². The normalized spacial score (nSPS) is 10.2. The number of benzene rings is 1. The Morgan fingerprint density at radius 3 is 2.58 bits per heavy atom. The lowest BCUT2D eigenvalue weighted by atomic mass is 10.1. The first-order chi connectivity index (χ1) is 5.74. The number of nitrogens with one attached hydrogen (secondary N) is 1. The molecule has 0 bridgehead atoms. The molecule has 1 aromatic carbocycles. The third-order valence-corrected chi connectivity index (χ3v) is 2.77. The fourth-order valence-corrected chi connectivity index (χ4v) is 1.48. The van der Waals surface area contributed by atoms with Crippen LogP contribution in [0.1, 0.15) is 5.56 Å². The number of halogens is 3. The minimum Gasteiger partial charge on any atom is -0.261 e. The van der Waals surface area contributed by atoms with Gasteiger partial charge in [0, 0.05) is 29.4 Å². The van der Waals surface area contributed by atoms with E-state index in [4.69, 9.17) is 23.2 Å². The molecule has 0 fully saturated rings. The topological polar surface area (TPSA) is 12.0 Å². The molecule has 1 N–H and O–H groups in total. The summed E-state index contributed by atoms with van der Waals surface area (Å²) in [5, 5.41) is 1.24. The van der Waals surface area contributed by atoms with Crippen molar-refractivity contribution in [2.75, 3.05) is 6.54 Å². The van der Waals surface area contributed by atoms with Crippen LogP contribution in [0.15, 0.2) is 18.2 Å². The van der Waals surface area contributed by atoms with Crippen LogP contribution in [0.4, 0.5) is 0 Å². The molecule has 0 unspecified atom stereocenters. The summed E-state index contributed by atoms with van der Waals surface area (Å²) >= 11 is 13.7.